The average Bonchev–Trinajstić information content (AvgIpc) is 2.42. The van der Waals surface area contributed by atoms with Gasteiger partial charge in [-0.25, -0.2) is 4.39 Å². The number of aromatic nitrogens is 2. The SMILES string of the molecule is Cn1nc(C#N)c2cc(F)ccc21. The van der Waals surface area contributed by atoms with Gasteiger partial charge in [0.1, 0.15) is 11.9 Å². The van der Waals surface area contributed by atoms with Crippen molar-refractivity contribution in [3.8, 4) is 6.07 Å². The molecule has 13 heavy (non-hydrogen) atoms. The van der Waals surface area contributed by atoms with Gasteiger partial charge >= 0.3 is 0 Å². The minimum absolute atomic E-state index is 0.261. The van der Waals surface area contributed by atoms with E-state index >= 15 is 0 Å². The van der Waals surface area contributed by atoms with Crippen LogP contribution in [0.1, 0.15) is 5.69 Å². The standard InChI is InChI=1S/C9H6FN3/c1-13-9-3-2-6(10)4-7(9)8(5-11)12-13/h2-4H,1H3. The van der Waals surface area contributed by atoms with E-state index in [0.717, 1.165) is 5.52 Å². The van der Waals surface area contributed by atoms with Gasteiger partial charge in [0.25, 0.3) is 0 Å². The maximum Gasteiger partial charge on any atom is 0.170 e. The number of hydrogen-bond acceptors (Lipinski definition) is 2. The largest absolute Gasteiger partial charge is 0.267 e. The normalized spacial score (nSPS) is 10.2. The molecular formula is C9H6FN3. The highest BCUT2D eigenvalue weighted by atomic mass is 19.1. The molecule has 3 nitrogen and oxygen atoms in total. The van der Waals surface area contributed by atoms with Gasteiger partial charge in [-0.05, 0) is 18.2 Å². The summed E-state index contributed by atoms with van der Waals surface area (Å²) < 4.78 is 14.4. The number of aryl methyl sites for hydroxylation is 1. The first-order valence-corrected chi connectivity index (χ1v) is 3.75. The summed E-state index contributed by atoms with van der Waals surface area (Å²) in [5, 5.41) is 13.2. The van der Waals surface area contributed by atoms with Gasteiger partial charge in [-0.15, -0.1) is 0 Å². The Balaban J connectivity index is 2.91. The lowest BCUT2D eigenvalue weighted by Crippen LogP contribution is -1.89. The number of fused-ring (bicyclic) bond motifs is 1. The van der Waals surface area contributed by atoms with Crippen molar-refractivity contribution in [2.75, 3.05) is 0 Å². The molecule has 0 aliphatic heterocycles. The lowest BCUT2D eigenvalue weighted by molar-refractivity contribution is 0.629. The molecule has 0 aliphatic rings. The first-order chi connectivity index (χ1) is 6.22. The zero-order chi connectivity index (χ0) is 9.42. The van der Waals surface area contributed by atoms with Crippen LogP contribution in [0.2, 0.25) is 0 Å². The molecule has 0 spiro atoms. The van der Waals surface area contributed by atoms with Gasteiger partial charge in [0.05, 0.1) is 5.52 Å². The average molecular weight is 175 g/mol. The van der Waals surface area contributed by atoms with Crippen molar-refractivity contribution in [2.45, 2.75) is 0 Å². The van der Waals surface area contributed by atoms with Crippen molar-refractivity contribution in [3.05, 3.63) is 29.7 Å². The van der Waals surface area contributed by atoms with Crippen LogP contribution in [0.3, 0.4) is 0 Å². The van der Waals surface area contributed by atoms with Crippen LogP contribution in [0, 0.1) is 17.1 Å². The van der Waals surface area contributed by atoms with Crippen LogP contribution in [-0.2, 0) is 7.05 Å². The predicted octanol–water partition coefficient (Wildman–Crippen LogP) is 1.58. The fraction of sp³-hybridized carbons (Fsp3) is 0.111. The molecule has 2 rings (SSSR count). The van der Waals surface area contributed by atoms with Crippen LogP contribution < -0.4 is 0 Å². The molecule has 0 saturated carbocycles. The zero-order valence-corrected chi connectivity index (χ0v) is 6.95. The highest BCUT2D eigenvalue weighted by Crippen LogP contribution is 2.17. The number of nitriles is 1. The number of hydrogen-bond donors (Lipinski definition) is 0. The second kappa shape index (κ2) is 2.56. The van der Waals surface area contributed by atoms with Crippen molar-refractivity contribution in [3.63, 3.8) is 0 Å². The summed E-state index contributed by atoms with van der Waals surface area (Å²) in [6.07, 6.45) is 0. The molecule has 1 aromatic carbocycles. The van der Waals surface area contributed by atoms with Crippen LogP contribution in [-0.4, -0.2) is 9.78 Å². The summed E-state index contributed by atoms with van der Waals surface area (Å²) in [5.74, 6) is -0.350. The van der Waals surface area contributed by atoms with E-state index in [4.69, 9.17) is 5.26 Å². The molecule has 1 heterocycles. The summed E-state index contributed by atoms with van der Waals surface area (Å²) in [6.45, 7) is 0. The first kappa shape index (κ1) is 7.74. The highest BCUT2D eigenvalue weighted by Gasteiger charge is 2.07. The minimum Gasteiger partial charge on any atom is -0.267 e. The van der Waals surface area contributed by atoms with Crippen LogP contribution in [0.5, 0.6) is 0 Å². The Morgan fingerprint density at radius 3 is 3.00 bits per heavy atom. The number of halogens is 1. The maximum atomic E-state index is 12.8. The highest BCUT2D eigenvalue weighted by molar-refractivity contribution is 5.84. The van der Waals surface area contributed by atoms with E-state index in [2.05, 4.69) is 5.10 Å². The summed E-state index contributed by atoms with van der Waals surface area (Å²) in [4.78, 5) is 0. The van der Waals surface area contributed by atoms with E-state index in [-0.39, 0.29) is 11.5 Å². The smallest absolute Gasteiger partial charge is 0.170 e. The molecule has 1 aromatic heterocycles. The Kier molecular flexibility index (Phi) is 1.52. The molecule has 4 heteroatoms. The van der Waals surface area contributed by atoms with E-state index < -0.39 is 0 Å². The third-order valence-electron chi connectivity index (χ3n) is 1.92. The molecule has 0 aliphatic carbocycles. The molecule has 0 radical (unpaired) electrons. The van der Waals surface area contributed by atoms with Crippen molar-refractivity contribution >= 4 is 10.9 Å². The van der Waals surface area contributed by atoms with E-state index in [1.165, 1.54) is 12.1 Å². The third kappa shape index (κ3) is 1.05. The molecular weight excluding hydrogens is 169 g/mol. The zero-order valence-electron chi connectivity index (χ0n) is 6.95. The lowest BCUT2D eigenvalue weighted by Gasteiger charge is -1.91. The minimum atomic E-state index is -0.350. The van der Waals surface area contributed by atoms with E-state index in [1.54, 1.807) is 17.8 Å². The van der Waals surface area contributed by atoms with Gasteiger partial charge in [-0.2, -0.15) is 10.4 Å². The Bertz CT molecular complexity index is 507. The molecule has 0 N–H and O–H groups in total. The van der Waals surface area contributed by atoms with Gasteiger partial charge in [-0.3, -0.25) is 4.68 Å². The van der Waals surface area contributed by atoms with Crippen LogP contribution >= 0.6 is 0 Å². The molecule has 0 amide bonds. The topological polar surface area (TPSA) is 41.6 Å². The van der Waals surface area contributed by atoms with Gasteiger partial charge in [-0.1, -0.05) is 0 Å². The molecule has 0 bridgehead atoms. The van der Waals surface area contributed by atoms with Gasteiger partial charge in [0.2, 0.25) is 0 Å². The summed E-state index contributed by atoms with van der Waals surface area (Å²) in [5.41, 5.74) is 1.02. The predicted molar refractivity (Wildman–Crippen MR) is 45.4 cm³/mol. The Morgan fingerprint density at radius 1 is 1.54 bits per heavy atom. The fourth-order valence-corrected chi connectivity index (χ4v) is 1.32. The fourth-order valence-electron chi connectivity index (χ4n) is 1.32. The summed E-state index contributed by atoms with van der Waals surface area (Å²) in [6, 6.07) is 6.20. The van der Waals surface area contributed by atoms with E-state index in [1.807, 2.05) is 6.07 Å². The Labute approximate surface area is 74.0 Å². The van der Waals surface area contributed by atoms with Crippen LogP contribution in [0.25, 0.3) is 10.9 Å². The third-order valence-corrected chi connectivity index (χ3v) is 1.92. The van der Waals surface area contributed by atoms with Gasteiger partial charge in [0, 0.05) is 12.4 Å². The molecule has 0 saturated heterocycles. The lowest BCUT2D eigenvalue weighted by atomic mass is 10.2. The van der Waals surface area contributed by atoms with Gasteiger partial charge < -0.3 is 0 Å². The Morgan fingerprint density at radius 2 is 2.31 bits per heavy atom. The summed E-state index contributed by atoms with van der Waals surface area (Å²) in [7, 11) is 1.72. The molecule has 0 unspecified atom stereocenters. The van der Waals surface area contributed by atoms with Gasteiger partial charge in [0.15, 0.2) is 5.69 Å². The van der Waals surface area contributed by atoms with Crippen molar-refractivity contribution < 1.29 is 4.39 Å². The second-order valence-electron chi connectivity index (χ2n) is 2.75. The van der Waals surface area contributed by atoms with Crippen molar-refractivity contribution in [1.82, 2.24) is 9.78 Å². The first-order valence-electron chi connectivity index (χ1n) is 3.75. The molecule has 0 atom stereocenters. The Hall–Kier alpha value is -1.89. The van der Waals surface area contributed by atoms with E-state index in [0.29, 0.717) is 5.39 Å². The van der Waals surface area contributed by atoms with Crippen LogP contribution in [0.4, 0.5) is 4.39 Å². The number of nitrogens with zero attached hydrogens (tertiary/aromatic N) is 3. The maximum absolute atomic E-state index is 12.8. The van der Waals surface area contributed by atoms with E-state index in [9.17, 15) is 4.39 Å². The van der Waals surface area contributed by atoms with Crippen molar-refractivity contribution in [2.24, 2.45) is 7.05 Å². The molecule has 64 valence electrons. The van der Waals surface area contributed by atoms with Crippen LogP contribution in [0.15, 0.2) is 18.2 Å². The molecule has 2 aromatic rings. The molecule has 0 fully saturated rings. The number of rotatable bonds is 0. The summed E-state index contributed by atoms with van der Waals surface area (Å²) >= 11 is 0. The number of benzene rings is 1. The monoisotopic (exact) mass is 175 g/mol. The van der Waals surface area contributed by atoms with Crippen molar-refractivity contribution in [1.29, 1.82) is 5.26 Å². The second-order valence-corrected chi connectivity index (χ2v) is 2.75. The quantitative estimate of drug-likeness (QED) is 0.610.